The van der Waals surface area contributed by atoms with Crippen LogP contribution in [0.4, 0.5) is 5.69 Å². The highest BCUT2D eigenvalue weighted by Crippen LogP contribution is 2.42. The van der Waals surface area contributed by atoms with Crippen LogP contribution in [0.2, 0.25) is 10.0 Å². The summed E-state index contributed by atoms with van der Waals surface area (Å²) in [5.41, 5.74) is 4.92. The molecular formula is C40H45Cl2N7O6. The summed E-state index contributed by atoms with van der Waals surface area (Å²) in [6.07, 6.45) is 5.57. The van der Waals surface area contributed by atoms with Crippen LogP contribution in [-0.2, 0) is 42.7 Å². The largest absolute Gasteiger partial charge is 0.481 e. The van der Waals surface area contributed by atoms with Gasteiger partial charge in [0, 0.05) is 56.5 Å². The first kappa shape index (κ1) is 37.6. The molecule has 2 amide bonds. The molecule has 2 fully saturated rings. The minimum absolute atomic E-state index is 0.0272. The average Bonchev–Trinajstić information content (AvgIpc) is 3.95. The molecule has 3 N–H and O–H groups in total. The van der Waals surface area contributed by atoms with E-state index in [4.69, 9.17) is 37.6 Å². The van der Waals surface area contributed by atoms with E-state index >= 15 is 0 Å². The highest BCUT2D eigenvalue weighted by molar-refractivity contribution is 6.39. The number of likely N-dealkylation sites (tertiary alicyclic amines) is 1. The van der Waals surface area contributed by atoms with Crippen molar-refractivity contribution < 1.29 is 29.0 Å². The van der Waals surface area contributed by atoms with Gasteiger partial charge in [0.15, 0.2) is 5.82 Å². The molecule has 1 saturated heterocycles. The molecule has 13 nitrogen and oxygen atoms in total. The van der Waals surface area contributed by atoms with Gasteiger partial charge in [-0.1, -0.05) is 47.5 Å². The van der Waals surface area contributed by atoms with Crippen molar-refractivity contribution in [2.75, 3.05) is 38.0 Å². The molecule has 4 aromatic rings. The molecule has 5 heterocycles. The number of benzene rings is 2. The molecule has 8 rings (SSSR count). The molecule has 1 aliphatic carbocycles. The van der Waals surface area contributed by atoms with Crippen molar-refractivity contribution in [3.8, 4) is 22.6 Å². The molecule has 0 bridgehead atoms. The lowest BCUT2D eigenvalue weighted by molar-refractivity contribution is -0.143. The molecule has 15 heteroatoms. The summed E-state index contributed by atoms with van der Waals surface area (Å²) in [6.45, 7) is 4.60. The molecular weight excluding hydrogens is 745 g/mol. The predicted molar refractivity (Wildman–Crippen MR) is 207 cm³/mol. The second-order valence-electron chi connectivity index (χ2n) is 15.4. The van der Waals surface area contributed by atoms with Gasteiger partial charge in [-0.25, -0.2) is 9.97 Å². The van der Waals surface area contributed by atoms with Gasteiger partial charge in [0.25, 0.3) is 5.91 Å². The van der Waals surface area contributed by atoms with Gasteiger partial charge in [0.05, 0.1) is 58.6 Å². The summed E-state index contributed by atoms with van der Waals surface area (Å²) in [6, 6.07) is 10.9. The number of halogens is 2. The van der Waals surface area contributed by atoms with E-state index in [2.05, 4.69) is 10.2 Å². The number of rotatable bonds is 10. The molecule has 0 radical (unpaired) electrons. The molecule has 3 aliphatic heterocycles. The number of imidazole rings is 1. The number of amides is 2. The number of nitrogens with zero attached hydrogens (tertiary/aromatic N) is 6. The zero-order valence-corrected chi connectivity index (χ0v) is 32.3. The summed E-state index contributed by atoms with van der Waals surface area (Å²) in [5.74, 6) is 0.576. The summed E-state index contributed by atoms with van der Waals surface area (Å²) in [5, 5.41) is 22.8. The zero-order chi connectivity index (χ0) is 38.4. The number of nitrogens with one attached hydrogen (secondary N) is 1. The summed E-state index contributed by atoms with van der Waals surface area (Å²) >= 11 is 14.0. The number of aromatic nitrogens is 3. The number of carbonyl (C=O) groups excluding carboxylic acids is 2. The van der Waals surface area contributed by atoms with Crippen molar-refractivity contribution in [2.45, 2.75) is 70.7 Å². The van der Waals surface area contributed by atoms with E-state index in [-0.39, 0.29) is 30.4 Å². The van der Waals surface area contributed by atoms with Crippen LogP contribution >= 0.6 is 23.2 Å². The van der Waals surface area contributed by atoms with Gasteiger partial charge < -0.3 is 29.4 Å². The Kier molecular flexibility index (Phi) is 10.7. The fourth-order valence-electron chi connectivity index (χ4n) is 8.54. The zero-order valence-electron chi connectivity index (χ0n) is 30.8. The Morgan fingerprint density at radius 1 is 0.891 bits per heavy atom. The number of hydrogen-bond donors (Lipinski definition) is 3. The van der Waals surface area contributed by atoms with Crippen LogP contribution in [-0.4, -0.2) is 96.1 Å². The highest BCUT2D eigenvalue weighted by Gasteiger charge is 2.33. The Morgan fingerprint density at radius 2 is 1.64 bits per heavy atom. The molecule has 55 heavy (non-hydrogen) atoms. The Labute approximate surface area is 329 Å². The van der Waals surface area contributed by atoms with Crippen LogP contribution in [0.15, 0.2) is 40.8 Å². The molecule has 1 saturated carbocycles. The van der Waals surface area contributed by atoms with Crippen molar-refractivity contribution in [2.24, 2.45) is 18.9 Å². The van der Waals surface area contributed by atoms with Crippen LogP contribution in [0.1, 0.15) is 72.0 Å². The second kappa shape index (κ2) is 15.7. The van der Waals surface area contributed by atoms with Crippen LogP contribution in [0.25, 0.3) is 22.6 Å². The van der Waals surface area contributed by atoms with Crippen molar-refractivity contribution in [3.05, 3.63) is 75.1 Å². The van der Waals surface area contributed by atoms with Gasteiger partial charge in [-0.05, 0) is 63.1 Å². The van der Waals surface area contributed by atoms with Gasteiger partial charge in [-0.2, -0.15) is 0 Å². The number of carbonyl (C=O) groups is 3. The van der Waals surface area contributed by atoms with E-state index < -0.39 is 5.97 Å². The van der Waals surface area contributed by atoms with Crippen molar-refractivity contribution >= 4 is 46.7 Å². The average molecular weight is 791 g/mol. The SMILES string of the molecule is Cn1c(C(=O)Nc2cccc(-c3cccc(-c4nc5c(o4)CN(C(=O)CN4CC[C@@H](O)C4)C5)c3Cl)c2Cl)nc2c1CCN(CCC1CCC(C(=O)O)CC1)C2. The summed E-state index contributed by atoms with van der Waals surface area (Å²) in [7, 11) is 1.87. The number of oxazole rings is 1. The van der Waals surface area contributed by atoms with E-state index in [1.807, 2.05) is 46.8 Å². The first-order valence-electron chi connectivity index (χ1n) is 19.1. The molecule has 1 atom stereocenters. The molecule has 2 aromatic carbocycles. The number of aliphatic carboxylic acids is 1. The number of β-amino-alcohol motifs (C(OH)–C–C–N with tert-alkyl or cyclic N) is 1. The van der Waals surface area contributed by atoms with Crippen LogP contribution in [0.3, 0.4) is 0 Å². The van der Waals surface area contributed by atoms with Crippen LogP contribution in [0, 0.1) is 11.8 Å². The summed E-state index contributed by atoms with van der Waals surface area (Å²) in [4.78, 5) is 53.5. The number of fused-ring (bicyclic) bond motifs is 2. The number of hydrogen-bond acceptors (Lipinski definition) is 9. The normalized spacial score (nSPS) is 21.5. The number of carboxylic acid groups (broad SMARTS) is 1. The standard InChI is InChI=1S/C40H45Cl2N7O6/c1-46-32-14-17-47(15-12-23-8-10-24(11-9-23)40(53)54)19-30(32)43-37(46)38(52)44-29-7-3-5-27(36(29)42)26-4-2-6-28(35(26)41)39-45-31-20-49(21-33(31)55-39)34(51)22-48-16-13-25(50)18-48/h2-7,23-25,50H,8-22H2,1H3,(H,44,52)(H,53,54)/t23?,24?,25-/m1/s1. The second-order valence-corrected chi connectivity index (χ2v) is 16.1. The van der Waals surface area contributed by atoms with Crippen molar-refractivity contribution in [1.29, 1.82) is 0 Å². The number of aliphatic hydroxyl groups excluding tert-OH is 1. The van der Waals surface area contributed by atoms with E-state index in [9.17, 15) is 24.6 Å². The first-order chi connectivity index (χ1) is 26.5. The minimum Gasteiger partial charge on any atom is -0.481 e. The quantitative estimate of drug-likeness (QED) is 0.178. The van der Waals surface area contributed by atoms with E-state index in [1.165, 1.54) is 0 Å². The lowest BCUT2D eigenvalue weighted by Gasteiger charge is -2.30. The maximum absolute atomic E-state index is 13.7. The minimum atomic E-state index is -0.672. The maximum atomic E-state index is 13.7. The molecule has 4 aliphatic rings. The third-order valence-electron chi connectivity index (χ3n) is 11.8. The maximum Gasteiger partial charge on any atom is 0.306 e. The van der Waals surface area contributed by atoms with Crippen molar-refractivity contribution in [1.82, 2.24) is 29.2 Å². The van der Waals surface area contributed by atoms with Crippen molar-refractivity contribution in [3.63, 3.8) is 0 Å². The smallest absolute Gasteiger partial charge is 0.306 e. The molecule has 0 unspecified atom stereocenters. The lowest BCUT2D eigenvalue weighted by Crippen LogP contribution is -2.37. The Balaban J connectivity index is 0.917. The third-order valence-corrected chi connectivity index (χ3v) is 12.6. The Bertz CT molecular complexity index is 2100. The van der Waals surface area contributed by atoms with E-state index in [0.29, 0.717) is 101 Å². The topological polar surface area (TPSA) is 157 Å². The van der Waals surface area contributed by atoms with Crippen LogP contribution in [0.5, 0.6) is 0 Å². The molecule has 2 aromatic heterocycles. The number of aliphatic hydroxyl groups is 1. The Hall–Kier alpha value is -4.27. The van der Waals surface area contributed by atoms with Gasteiger partial charge in [0.2, 0.25) is 11.8 Å². The van der Waals surface area contributed by atoms with Gasteiger partial charge >= 0.3 is 5.97 Å². The summed E-state index contributed by atoms with van der Waals surface area (Å²) < 4.78 is 8.02. The van der Waals surface area contributed by atoms with Gasteiger partial charge in [-0.3, -0.25) is 24.2 Å². The Morgan fingerprint density at radius 3 is 2.36 bits per heavy atom. The molecule has 0 spiro atoms. The predicted octanol–water partition coefficient (Wildman–Crippen LogP) is 5.85. The fraction of sp³-hybridized carbons (Fsp3) is 0.475. The first-order valence-corrected chi connectivity index (χ1v) is 19.8. The van der Waals surface area contributed by atoms with Gasteiger partial charge in [-0.15, -0.1) is 0 Å². The van der Waals surface area contributed by atoms with E-state index in [0.717, 1.165) is 63.0 Å². The lowest BCUT2D eigenvalue weighted by atomic mass is 9.80. The number of carboxylic acids is 1. The van der Waals surface area contributed by atoms with E-state index in [1.54, 1.807) is 11.0 Å². The third kappa shape index (κ3) is 7.77. The monoisotopic (exact) mass is 789 g/mol. The fourth-order valence-corrected chi connectivity index (χ4v) is 9.12. The number of anilines is 1. The van der Waals surface area contributed by atoms with Crippen LogP contribution < -0.4 is 5.32 Å². The molecule has 290 valence electrons. The van der Waals surface area contributed by atoms with Gasteiger partial charge in [0.1, 0.15) is 11.5 Å². The highest BCUT2D eigenvalue weighted by atomic mass is 35.5.